The second-order valence-electron chi connectivity index (χ2n) is 5.56. The summed E-state index contributed by atoms with van der Waals surface area (Å²) in [4.78, 5) is 4.34. The molecule has 0 radical (unpaired) electrons. The third kappa shape index (κ3) is 3.59. The minimum atomic E-state index is 0.367. The number of benzene rings is 1. The number of ether oxygens (including phenoxy) is 1. The fourth-order valence-electron chi connectivity index (χ4n) is 2.58. The molecule has 0 amide bonds. The predicted octanol–water partition coefficient (Wildman–Crippen LogP) is 3.91. The zero-order chi connectivity index (χ0) is 18.6. The summed E-state index contributed by atoms with van der Waals surface area (Å²) in [6.45, 7) is 2.81. The van der Waals surface area contributed by atoms with Crippen LogP contribution in [0.5, 0.6) is 5.75 Å². The van der Waals surface area contributed by atoms with Crippen molar-refractivity contribution in [3.63, 3.8) is 0 Å². The van der Waals surface area contributed by atoms with Crippen molar-refractivity contribution in [1.82, 2.24) is 24.9 Å². The Bertz CT molecular complexity index is 1010. The molecule has 0 aliphatic carbocycles. The first-order chi connectivity index (χ1) is 13.3. The number of methoxy groups -OCH3 is 1. The summed E-state index contributed by atoms with van der Waals surface area (Å²) in [7, 11) is 1.65. The molecule has 0 saturated heterocycles. The van der Waals surface area contributed by atoms with Gasteiger partial charge in [0.15, 0.2) is 22.6 Å². The Morgan fingerprint density at radius 3 is 2.70 bits per heavy atom. The van der Waals surface area contributed by atoms with E-state index in [1.54, 1.807) is 25.5 Å². The first-order valence-corrected chi connectivity index (χ1v) is 9.34. The predicted molar refractivity (Wildman–Crippen MR) is 99.2 cm³/mol. The van der Waals surface area contributed by atoms with Gasteiger partial charge in [-0.15, -0.1) is 10.2 Å². The molecular formula is C18H17N5O3S. The highest BCUT2D eigenvalue weighted by atomic mass is 32.2. The van der Waals surface area contributed by atoms with E-state index < -0.39 is 0 Å². The smallest absolute Gasteiger partial charge is 0.293 e. The van der Waals surface area contributed by atoms with Crippen LogP contribution in [0.2, 0.25) is 0 Å². The van der Waals surface area contributed by atoms with E-state index in [1.165, 1.54) is 11.8 Å². The quantitative estimate of drug-likeness (QED) is 0.444. The standard InChI is InChI=1S/C18H17N5O3S/c1-3-23-16(12-6-8-13(24-2)9-7-12)20-21-18(23)27-11-15-19-17(26-22-15)14-5-4-10-25-14/h4-10H,3,11H2,1-2H3. The number of hydrogen-bond donors (Lipinski definition) is 0. The Morgan fingerprint density at radius 2 is 2.00 bits per heavy atom. The second-order valence-corrected chi connectivity index (χ2v) is 6.50. The van der Waals surface area contributed by atoms with Crippen molar-refractivity contribution in [3.8, 4) is 28.8 Å². The zero-order valence-electron chi connectivity index (χ0n) is 14.8. The van der Waals surface area contributed by atoms with Crippen molar-refractivity contribution in [2.45, 2.75) is 24.4 Å². The molecule has 0 atom stereocenters. The molecule has 4 rings (SSSR count). The highest BCUT2D eigenvalue weighted by Crippen LogP contribution is 2.27. The van der Waals surface area contributed by atoms with Crippen LogP contribution >= 0.6 is 11.8 Å². The van der Waals surface area contributed by atoms with Crippen molar-refractivity contribution in [2.24, 2.45) is 0 Å². The number of rotatable bonds is 7. The van der Waals surface area contributed by atoms with Crippen molar-refractivity contribution in [2.75, 3.05) is 7.11 Å². The minimum Gasteiger partial charge on any atom is -0.497 e. The molecule has 4 aromatic rings. The molecular weight excluding hydrogens is 366 g/mol. The molecule has 8 nitrogen and oxygen atoms in total. The van der Waals surface area contributed by atoms with E-state index >= 15 is 0 Å². The fourth-order valence-corrected chi connectivity index (χ4v) is 3.42. The van der Waals surface area contributed by atoms with Crippen molar-refractivity contribution >= 4 is 11.8 Å². The molecule has 138 valence electrons. The number of aromatic nitrogens is 5. The van der Waals surface area contributed by atoms with Gasteiger partial charge in [-0.1, -0.05) is 16.9 Å². The summed E-state index contributed by atoms with van der Waals surface area (Å²) < 4.78 is 17.8. The van der Waals surface area contributed by atoms with Crippen LogP contribution in [-0.2, 0) is 12.3 Å². The maximum Gasteiger partial charge on any atom is 0.293 e. The van der Waals surface area contributed by atoms with Crippen LogP contribution in [-0.4, -0.2) is 32.0 Å². The highest BCUT2D eigenvalue weighted by molar-refractivity contribution is 7.98. The maximum absolute atomic E-state index is 5.26. The van der Waals surface area contributed by atoms with Crippen LogP contribution in [0, 0.1) is 0 Å². The Morgan fingerprint density at radius 1 is 1.15 bits per heavy atom. The van der Waals surface area contributed by atoms with E-state index in [2.05, 4.69) is 31.8 Å². The van der Waals surface area contributed by atoms with E-state index in [0.717, 1.165) is 28.8 Å². The lowest BCUT2D eigenvalue weighted by Gasteiger charge is -2.07. The molecule has 0 N–H and O–H groups in total. The molecule has 1 aromatic carbocycles. The van der Waals surface area contributed by atoms with E-state index in [4.69, 9.17) is 13.7 Å². The van der Waals surface area contributed by atoms with Gasteiger partial charge in [-0.05, 0) is 43.3 Å². The largest absolute Gasteiger partial charge is 0.497 e. The van der Waals surface area contributed by atoms with Crippen LogP contribution in [0.1, 0.15) is 12.7 Å². The van der Waals surface area contributed by atoms with Gasteiger partial charge >= 0.3 is 0 Å². The Kier molecular flexibility index (Phi) is 4.93. The lowest BCUT2D eigenvalue weighted by molar-refractivity contribution is 0.411. The van der Waals surface area contributed by atoms with E-state index in [9.17, 15) is 0 Å². The van der Waals surface area contributed by atoms with Gasteiger partial charge in [0.1, 0.15) is 5.75 Å². The average molecular weight is 383 g/mol. The molecule has 0 saturated carbocycles. The van der Waals surface area contributed by atoms with E-state index in [-0.39, 0.29) is 0 Å². The zero-order valence-corrected chi connectivity index (χ0v) is 15.6. The summed E-state index contributed by atoms with van der Waals surface area (Å²) >= 11 is 1.51. The SMILES string of the molecule is CCn1c(SCc2noc(-c3ccco3)n2)nnc1-c1ccc(OC)cc1. The van der Waals surface area contributed by atoms with Crippen molar-refractivity contribution in [1.29, 1.82) is 0 Å². The van der Waals surface area contributed by atoms with Crippen LogP contribution < -0.4 is 4.74 Å². The first-order valence-electron chi connectivity index (χ1n) is 8.35. The van der Waals surface area contributed by atoms with Crippen molar-refractivity contribution < 1.29 is 13.7 Å². The number of nitrogens with zero attached hydrogens (tertiary/aromatic N) is 5. The fraction of sp³-hybridized carbons (Fsp3) is 0.222. The van der Waals surface area contributed by atoms with E-state index in [0.29, 0.717) is 23.2 Å². The first kappa shape index (κ1) is 17.3. The maximum atomic E-state index is 5.26. The highest BCUT2D eigenvalue weighted by Gasteiger charge is 2.16. The normalized spacial score (nSPS) is 11.0. The molecule has 3 aromatic heterocycles. The Balaban J connectivity index is 1.50. The van der Waals surface area contributed by atoms with Gasteiger partial charge in [0.05, 0.1) is 19.1 Å². The average Bonchev–Trinajstić information content (AvgIpc) is 3.46. The van der Waals surface area contributed by atoms with Gasteiger partial charge in [-0.3, -0.25) is 0 Å². The molecule has 0 aliphatic heterocycles. The minimum absolute atomic E-state index is 0.367. The summed E-state index contributed by atoms with van der Waals surface area (Å²) in [6, 6.07) is 11.3. The monoisotopic (exact) mass is 383 g/mol. The molecule has 0 fully saturated rings. The summed E-state index contributed by atoms with van der Waals surface area (Å²) in [5, 5.41) is 13.4. The molecule has 27 heavy (non-hydrogen) atoms. The lowest BCUT2D eigenvalue weighted by atomic mass is 10.2. The van der Waals surface area contributed by atoms with Crippen molar-refractivity contribution in [3.05, 3.63) is 48.5 Å². The number of hydrogen-bond acceptors (Lipinski definition) is 8. The van der Waals surface area contributed by atoms with Gasteiger partial charge in [-0.25, -0.2) is 0 Å². The Hall–Kier alpha value is -3.07. The third-order valence-corrected chi connectivity index (χ3v) is 4.87. The van der Waals surface area contributed by atoms with Crippen LogP contribution in [0.3, 0.4) is 0 Å². The van der Waals surface area contributed by atoms with E-state index in [1.807, 2.05) is 24.3 Å². The molecule has 0 spiro atoms. The molecule has 0 bridgehead atoms. The summed E-state index contributed by atoms with van der Waals surface area (Å²) in [6.07, 6.45) is 1.57. The van der Waals surface area contributed by atoms with Gasteiger partial charge in [0.25, 0.3) is 5.89 Å². The molecule has 3 heterocycles. The Labute approximate surface area is 159 Å². The van der Waals surface area contributed by atoms with Gasteiger partial charge in [0, 0.05) is 12.1 Å². The third-order valence-electron chi connectivity index (χ3n) is 3.91. The van der Waals surface area contributed by atoms with Gasteiger partial charge < -0.3 is 18.2 Å². The van der Waals surface area contributed by atoms with Crippen LogP contribution in [0.25, 0.3) is 23.0 Å². The lowest BCUT2D eigenvalue weighted by Crippen LogP contribution is -2.00. The second kappa shape index (κ2) is 7.67. The molecule has 0 aliphatic rings. The molecule has 0 unspecified atom stereocenters. The summed E-state index contributed by atoms with van der Waals surface area (Å²) in [5.74, 6) is 3.63. The summed E-state index contributed by atoms with van der Waals surface area (Å²) in [5.41, 5.74) is 0.983. The van der Waals surface area contributed by atoms with Crippen LogP contribution in [0.4, 0.5) is 0 Å². The van der Waals surface area contributed by atoms with Crippen LogP contribution in [0.15, 0.2) is 56.8 Å². The van der Waals surface area contributed by atoms with Gasteiger partial charge in [-0.2, -0.15) is 4.98 Å². The van der Waals surface area contributed by atoms with Gasteiger partial charge in [0.2, 0.25) is 0 Å². The topological polar surface area (TPSA) is 92.0 Å². The number of thioether (sulfide) groups is 1. The molecule has 9 heteroatoms. The number of furan rings is 1.